The first kappa shape index (κ1) is 11.4. The van der Waals surface area contributed by atoms with Gasteiger partial charge in [0, 0.05) is 6.54 Å². The van der Waals surface area contributed by atoms with Gasteiger partial charge in [0.1, 0.15) is 0 Å². The lowest BCUT2D eigenvalue weighted by Gasteiger charge is -2.18. The van der Waals surface area contributed by atoms with E-state index in [2.05, 4.69) is 37.2 Å². The van der Waals surface area contributed by atoms with E-state index < -0.39 is 0 Å². The molecule has 0 amide bonds. The van der Waals surface area contributed by atoms with Gasteiger partial charge in [0.15, 0.2) is 0 Å². The Labute approximate surface area is 76.0 Å². The van der Waals surface area contributed by atoms with Crippen molar-refractivity contribution in [1.29, 1.82) is 0 Å². The van der Waals surface area contributed by atoms with Crippen molar-refractivity contribution >= 4 is 6.72 Å². The van der Waals surface area contributed by atoms with Gasteiger partial charge in [-0.05, 0) is 26.7 Å². The topological polar surface area (TPSA) is 15.6 Å². The van der Waals surface area contributed by atoms with E-state index in [1.165, 1.54) is 12.8 Å². The third-order valence-corrected chi connectivity index (χ3v) is 1.90. The Hall–Kier alpha value is -0.630. The highest BCUT2D eigenvalue weighted by Gasteiger charge is 2.03. The molecule has 0 aromatic rings. The van der Waals surface area contributed by atoms with E-state index in [1.807, 2.05) is 6.08 Å². The highest BCUT2D eigenvalue weighted by atomic mass is 15.1. The molecule has 0 aromatic heterocycles. The number of rotatable bonds is 7. The molecule has 0 heterocycles. The van der Waals surface area contributed by atoms with Crippen LogP contribution in [0.5, 0.6) is 0 Å². The summed E-state index contributed by atoms with van der Waals surface area (Å²) in [6.45, 7) is 11.5. The van der Waals surface area contributed by atoms with Crippen LogP contribution in [0.4, 0.5) is 0 Å². The fraction of sp³-hybridized carbons (Fsp3) is 0.700. The standard InChI is InChI=1S/C10H20N2/c1-5-7-8-12(4)9-10(6-2)11-3/h6,10H,2-3,5,7-9H2,1,4H3/t10-/m1/s1. The Morgan fingerprint density at radius 1 is 1.58 bits per heavy atom. The first-order chi connectivity index (χ1) is 5.74. The highest BCUT2D eigenvalue weighted by molar-refractivity contribution is 5.25. The third kappa shape index (κ3) is 5.08. The molecule has 0 aliphatic heterocycles. The van der Waals surface area contributed by atoms with Gasteiger partial charge < -0.3 is 4.90 Å². The average Bonchev–Trinajstić information content (AvgIpc) is 2.10. The molecule has 0 bridgehead atoms. The van der Waals surface area contributed by atoms with E-state index in [9.17, 15) is 0 Å². The summed E-state index contributed by atoms with van der Waals surface area (Å²) in [5, 5.41) is 0. The predicted molar refractivity (Wildman–Crippen MR) is 55.9 cm³/mol. The average molecular weight is 168 g/mol. The number of nitrogens with zero attached hydrogens (tertiary/aromatic N) is 2. The summed E-state index contributed by atoms with van der Waals surface area (Å²) in [5.74, 6) is 0. The fourth-order valence-corrected chi connectivity index (χ4v) is 1.05. The van der Waals surface area contributed by atoms with Crippen molar-refractivity contribution in [3.63, 3.8) is 0 Å². The normalized spacial score (nSPS) is 12.9. The molecule has 12 heavy (non-hydrogen) atoms. The molecule has 2 nitrogen and oxygen atoms in total. The van der Waals surface area contributed by atoms with Gasteiger partial charge >= 0.3 is 0 Å². The van der Waals surface area contributed by atoms with E-state index in [1.54, 1.807) is 0 Å². The van der Waals surface area contributed by atoms with Crippen LogP contribution in [0.1, 0.15) is 19.8 Å². The third-order valence-electron chi connectivity index (χ3n) is 1.90. The van der Waals surface area contributed by atoms with Gasteiger partial charge in [-0.15, -0.1) is 6.58 Å². The molecule has 0 rings (SSSR count). The number of likely N-dealkylation sites (N-methyl/N-ethyl adjacent to an activating group) is 1. The molecule has 0 aliphatic rings. The van der Waals surface area contributed by atoms with E-state index >= 15 is 0 Å². The molecule has 0 saturated carbocycles. The Bertz CT molecular complexity index is 124. The molecule has 1 atom stereocenters. The molecule has 0 spiro atoms. The molecule has 0 unspecified atom stereocenters. The number of hydrogen-bond acceptors (Lipinski definition) is 2. The van der Waals surface area contributed by atoms with Crippen molar-refractivity contribution < 1.29 is 0 Å². The van der Waals surface area contributed by atoms with E-state index in [0.717, 1.165) is 13.1 Å². The van der Waals surface area contributed by atoms with Crippen molar-refractivity contribution in [2.75, 3.05) is 20.1 Å². The Morgan fingerprint density at radius 3 is 2.67 bits per heavy atom. The maximum absolute atomic E-state index is 3.94. The molecule has 0 aliphatic carbocycles. The minimum absolute atomic E-state index is 0.187. The van der Waals surface area contributed by atoms with Crippen molar-refractivity contribution in [2.45, 2.75) is 25.8 Å². The fourth-order valence-electron chi connectivity index (χ4n) is 1.05. The summed E-state index contributed by atoms with van der Waals surface area (Å²) >= 11 is 0. The molecule has 0 N–H and O–H groups in total. The minimum atomic E-state index is 0.187. The zero-order valence-electron chi connectivity index (χ0n) is 8.29. The number of hydrogen-bond donors (Lipinski definition) is 0. The van der Waals surface area contributed by atoms with Crippen LogP contribution in [-0.4, -0.2) is 37.8 Å². The molecular weight excluding hydrogens is 148 g/mol. The van der Waals surface area contributed by atoms with Gasteiger partial charge in [-0.1, -0.05) is 19.4 Å². The lowest BCUT2D eigenvalue weighted by molar-refractivity contribution is 0.321. The first-order valence-electron chi connectivity index (χ1n) is 4.51. The summed E-state index contributed by atoms with van der Waals surface area (Å²) in [4.78, 5) is 6.21. The Balaban J connectivity index is 3.57. The summed E-state index contributed by atoms with van der Waals surface area (Å²) in [7, 11) is 2.11. The number of unbranched alkanes of at least 4 members (excludes halogenated alkanes) is 1. The van der Waals surface area contributed by atoms with Crippen LogP contribution in [0.2, 0.25) is 0 Å². The molecule has 70 valence electrons. The second-order valence-electron chi connectivity index (χ2n) is 3.10. The molecule has 0 aromatic carbocycles. The SMILES string of the molecule is C=C[C@H](CN(C)CCCC)N=C. The van der Waals surface area contributed by atoms with Gasteiger partial charge in [0.2, 0.25) is 0 Å². The van der Waals surface area contributed by atoms with Crippen LogP contribution in [0.15, 0.2) is 17.6 Å². The molecule has 0 radical (unpaired) electrons. The van der Waals surface area contributed by atoms with Crippen LogP contribution in [0, 0.1) is 0 Å². The summed E-state index contributed by atoms with van der Waals surface area (Å²) in [6, 6.07) is 0.187. The lowest BCUT2D eigenvalue weighted by Crippen LogP contribution is -2.27. The second kappa shape index (κ2) is 7.04. The van der Waals surface area contributed by atoms with Crippen LogP contribution in [0.3, 0.4) is 0 Å². The molecule has 0 saturated heterocycles. The van der Waals surface area contributed by atoms with Crippen molar-refractivity contribution in [3.05, 3.63) is 12.7 Å². The van der Waals surface area contributed by atoms with E-state index in [0.29, 0.717) is 0 Å². The maximum Gasteiger partial charge on any atom is 0.0796 e. The zero-order valence-corrected chi connectivity index (χ0v) is 8.29. The zero-order chi connectivity index (χ0) is 9.40. The Morgan fingerprint density at radius 2 is 2.25 bits per heavy atom. The van der Waals surface area contributed by atoms with Gasteiger partial charge in [-0.25, -0.2) is 0 Å². The summed E-state index contributed by atoms with van der Waals surface area (Å²) in [5.41, 5.74) is 0. The lowest BCUT2D eigenvalue weighted by atomic mass is 10.2. The largest absolute Gasteiger partial charge is 0.304 e. The monoisotopic (exact) mass is 168 g/mol. The van der Waals surface area contributed by atoms with Gasteiger partial charge in [-0.3, -0.25) is 4.99 Å². The van der Waals surface area contributed by atoms with Crippen molar-refractivity contribution in [1.82, 2.24) is 4.90 Å². The second-order valence-corrected chi connectivity index (χ2v) is 3.10. The van der Waals surface area contributed by atoms with Gasteiger partial charge in [-0.2, -0.15) is 0 Å². The van der Waals surface area contributed by atoms with Crippen molar-refractivity contribution in [2.24, 2.45) is 4.99 Å². The summed E-state index contributed by atoms with van der Waals surface area (Å²) < 4.78 is 0. The maximum atomic E-state index is 3.94. The quantitative estimate of drug-likeness (QED) is 0.419. The van der Waals surface area contributed by atoms with Crippen LogP contribution in [-0.2, 0) is 0 Å². The molecule has 0 fully saturated rings. The van der Waals surface area contributed by atoms with Gasteiger partial charge in [0.25, 0.3) is 0 Å². The summed E-state index contributed by atoms with van der Waals surface area (Å²) in [6.07, 6.45) is 4.33. The van der Waals surface area contributed by atoms with Crippen LogP contribution in [0.25, 0.3) is 0 Å². The number of aliphatic imine (C=N–C) groups is 1. The van der Waals surface area contributed by atoms with Gasteiger partial charge in [0.05, 0.1) is 6.04 Å². The molecular formula is C10H20N2. The minimum Gasteiger partial charge on any atom is -0.304 e. The molecule has 2 heteroatoms. The van der Waals surface area contributed by atoms with Crippen molar-refractivity contribution in [3.8, 4) is 0 Å². The van der Waals surface area contributed by atoms with E-state index in [4.69, 9.17) is 0 Å². The predicted octanol–water partition coefficient (Wildman–Crippen LogP) is 1.97. The first-order valence-corrected chi connectivity index (χ1v) is 4.51. The van der Waals surface area contributed by atoms with Crippen LogP contribution >= 0.6 is 0 Å². The van der Waals surface area contributed by atoms with E-state index in [-0.39, 0.29) is 6.04 Å². The van der Waals surface area contributed by atoms with Crippen LogP contribution < -0.4 is 0 Å². The smallest absolute Gasteiger partial charge is 0.0796 e. The highest BCUT2D eigenvalue weighted by Crippen LogP contribution is 1.97. The Kier molecular flexibility index (Phi) is 6.67.